The van der Waals surface area contributed by atoms with Crippen molar-refractivity contribution in [3.8, 4) is 5.75 Å². The van der Waals surface area contributed by atoms with Crippen LogP contribution < -0.4 is 15.8 Å². The zero-order valence-corrected chi connectivity index (χ0v) is 13.3. The molecule has 0 heterocycles. The van der Waals surface area contributed by atoms with Crippen molar-refractivity contribution in [2.24, 2.45) is 5.73 Å². The standard InChI is InChI=1S/C13H18BrClN2O2/c1-3-5-10(16)13(18)17-11-7-8(15)6-9(14)12(11)19-4-2/h6-7,10H,3-5,16H2,1-2H3,(H,17,18)/t10-/m0/s1. The first-order chi connectivity index (χ1) is 8.99. The Morgan fingerprint density at radius 1 is 1.53 bits per heavy atom. The van der Waals surface area contributed by atoms with E-state index in [0.717, 1.165) is 6.42 Å². The summed E-state index contributed by atoms with van der Waals surface area (Å²) < 4.78 is 6.20. The molecular weight excluding hydrogens is 332 g/mol. The van der Waals surface area contributed by atoms with Gasteiger partial charge in [0.05, 0.1) is 22.8 Å². The highest BCUT2D eigenvalue weighted by Crippen LogP contribution is 2.36. The Hall–Kier alpha value is -0.780. The van der Waals surface area contributed by atoms with Gasteiger partial charge in [-0.15, -0.1) is 0 Å². The number of rotatable bonds is 6. The second kappa shape index (κ2) is 7.72. The van der Waals surface area contributed by atoms with Crippen molar-refractivity contribution in [1.82, 2.24) is 0 Å². The Labute approximate surface area is 126 Å². The third-order valence-corrected chi connectivity index (χ3v) is 3.30. The van der Waals surface area contributed by atoms with Crippen LogP contribution in [0.5, 0.6) is 5.75 Å². The molecule has 0 aliphatic heterocycles. The molecule has 19 heavy (non-hydrogen) atoms. The first-order valence-corrected chi connectivity index (χ1v) is 7.35. The van der Waals surface area contributed by atoms with Crippen molar-refractivity contribution in [2.45, 2.75) is 32.7 Å². The molecule has 0 bridgehead atoms. The number of carbonyl (C=O) groups is 1. The van der Waals surface area contributed by atoms with Crippen LogP contribution in [0.25, 0.3) is 0 Å². The number of ether oxygens (including phenoxy) is 1. The lowest BCUT2D eigenvalue weighted by molar-refractivity contribution is -0.117. The summed E-state index contributed by atoms with van der Waals surface area (Å²) in [4.78, 5) is 11.9. The molecule has 6 heteroatoms. The van der Waals surface area contributed by atoms with Gasteiger partial charge in [0, 0.05) is 5.02 Å². The number of nitrogens with one attached hydrogen (secondary N) is 1. The number of hydrogen-bond acceptors (Lipinski definition) is 3. The summed E-state index contributed by atoms with van der Waals surface area (Å²) in [7, 11) is 0. The first-order valence-electron chi connectivity index (χ1n) is 6.17. The maximum absolute atomic E-state index is 11.9. The van der Waals surface area contributed by atoms with Gasteiger partial charge in [-0.3, -0.25) is 4.79 Å². The molecule has 0 fully saturated rings. The van der Waals surface area contributed by atoms with Crippen LogP contribution in [0, 0.1) is 0 Å². The van der Waals surface area contributed by atoms with E-state index in [4.69, 9.17) is 22.1 Å². The molecule has 0 radical (unpaired) electrons. The van der Waals surface area contributed by atoms with Gasteiger partial charge in [0.25, 0.3) is 0 Å². The van der Waals surface area contributed by atoms with E-state index in [2.05, 4.69) is 21.2 Å². The lowest BCUT2D eigenvalue weighted by atomic mass is 10.1. The SMILES string of the molecule is CCC[C@H](N)C(=O)Nc1cc(Cl)cc(Br)c1OCC. The van der Waals surface area contributed by atoms with Crippen LogP contribution in [-0.2, 0) is 4.79 Å². The highest BCUT2D eigenvalue weighted by atomic mass is 79.9. The number of carbonyl (C=O) groups excluding carboxylic acids is 1. The van der Waals surface area contributed by atoms with Gasteiger partial charge in [-0.05, 0) is 41.4 Å². The predicted octanol–water partition coefficient (Wildman–Crippen LogP) is 3.57. The van der Waals surface area contributed by atoms with E-state index in [1.165, 1.54) is 0 Å². The molecule has 1 aromatic carbocycles. The molecule has 106 valence electrons. The Balaban J connectivity index is 2.95. The minimum atomic E-state index is -0.530. The average molecular weight is 350 g/mol. The van der Waals surface area contributed by atoms with Gasteiger partial charge < -0.3 is 15.8 Å². The summed E-state index contributed by atoms with van der Waals surface area (Å²) >= 11 is 9.34. The van der Waals surface area contributed by atoms with Crippen molar-refractivity contribution in [3.63, 3.8) is 0 Å². The Morgan fingerprint density at radius 3 is 2.79 bits per heavy atom. The molecule has 4 nitrogen and oxygen atoms in total. The third kappa shape index (κ3) is 4.67. The van der Waals surface area contributed by atoms with Crippen molar-refractivity contribution in [2.75, 3.05) is 11.9 Å². The maximum atomic E-state index is 11.9. The van der Waals surface area contributed by atoms with Gasteiger partial charge in [-0.2, -0.15) is 0 Å². The van der Waals surface area contributed by atoms with Crippen molar-refractivity contribution >= 4 is 39.1 Å². The molecule has 0 spiro atoms. The summed E-state index contributed by atoms with van der Waals surface area (Å²) in [5.41, 5.74) is 6.30. The summed E-state index contributed by atoms with van der Waals surface area (Å²) in [6, 6.07) is 2.83. The molecule has 1 atom stereocenters. The molecule has 1 aromatic rings. The zero-order chi connectivity index (χ0) is 14.4. The fourth-order valence-corrected chi connectivity index (χ4v) is 2.54. The minimum Gasteiger partial charge on any atom is -0.491 e. The fourth-order valence-electron chi connectivity index (χ4n) is 1.61. The second-order valence-electron chi connectivity index (χ2n) is 4.08. The summed E-state index contributed by atoms with van der Waals surface area (Å²) in [5, 5.41) is 3.27. The van der Waals surface area contributed by atoms with Gasteiger partial charge >= 0.3 is 0 Å². The summed E-state index contributed by atoms with van der Waals surface area (Å²) in [6.45, 7) is 4.34. The lowest BCUT2D eigenvalue weighted by Crippen LogP contribution is -2.35. The zero-order valence-electron chi connectivity index (χ0n) is 11.0. The summed E-state index contributed by atoms with van der Waals surface area (Å²) in [5.74, 6) is 0.320. The minimum absolute atomic E-state index is 0.239. The molecule has 0 saturated carbocycles. The Morgan fingerprint density at radius 2 is 2.21 bits per heavy atom. The number of anilines is 1. The molecule has 0 aliphatic rings. The molecular formula is C13H18BrClN2O2. The lowest BCUT2D eigenvalue weighted by Gasteiger charge is -2.16. The highest BCUT2D eigenvalue weighted by Gasteiger charge is 2.17. The van der Waals surface area contributed by atoms with Gasteiger partial charge in [-0.25, -0.2) is 0 Å². The monoisotopic (exact) mass is 348 g/mol. The van der Waals surface area contributed by atoms with E-state index in [0.29, 0.717) is 34.0 Å². The van der Waals surface area contributed by atoms with E-state index in [-0.39, 0.29) is 5.91 Å². The molecule has 0 unspecified atom stereocenters. The number of benzene rings is 1. The fraction of sp³-hybridized carbons (Fsp3) is 0.462. The molecule has 0 aliphatic carbocycles. The molecule has 0 saturated heterocycles. The van der Waals surface area contributed by atoms with E-state index >= 15 is 0 Å². The van der Waals surface area contributed by atoms with Crippen LogP contribution >= 0.6 is 27.5 Å². The largest absolute Gasteiger partial charge is 0.491 e. The third-order valence-electron chi connectivity index (χ3n) is 2.49. The van der Waals surface area contributed by atoms with Crippen LogP contribution in [-0.4, -0.2) is 18.6 Å². The van der Waals surface area contributed by atoms with Crippen molar-refractivity contribution < 1.29 is 9.53 Å². The Kier molecular flexibility index (Phi) is 6.62. The van der Waals surface area contributed by atoms with E-state index in [1.807, 2.05) is 13.8 Å². The number of halogens is 2. The van der Waals surface area contributed by atoms with Crippen LogP contribution in [0.2, 0.25) is 5.02 Å². The normalized spacial score (nSPS) is 12.1. The highest BCUT2D eigenvalue weighted by molar-refractivity contribution is 9.10. The summed E-state index contributed by atoms with van der Waals surface area (Å²) in [6.07, 6.45) is 1.49. The van der Waals surface area contributed by atoms with E-state index in [9.17, 15) is 4.79 Å². The molecule has 3 N–H and O–H groups in total. The van der Waals surface area contributed by atoms with Gasteiger partial charge in [0.1, 0.15) is 0 Å². The second-order valence-corrected chi connectivity index (χ2v) is 5.37. The van der Waals surface area contributed by atoms with Crippen LogP contribution in [0.15, 0.2) is 16.6 Å². The van der Waals surface area contributed by atoms with Crippen molar-refractivity contribution in [1.29, 1.82) is 0 Å². The van der Waals surface area contributed by atoms with Gasteiger partial charge in [0.2, 0.25) is 5.91 Å². The van der Waals surface area contributed by atoms with Crippen LogP contribution in [0.1, 0.15) is 26.7 Å². The van der Waals surface area contributed by atoms with Crippen LogP contribution in [0.3, 0.4) is 0 Å². The predicted molar refractivity (Wildman–Crippen MR) is 81.8 cm³/mol. The number of amides is 1. The molecule has 0 aromatic heterocycles. The Bertz CT molecular complexity index is 455. The van der Waals surface area contributed by atoms with E-state index in [1.54, 1.807) is 12.1 Å². The smallest absolute Gasteiger partial charge is 0.241 e. The average Bonchev–Trinajstić information content (AvgIpc) is 2.33. The quantitative estimate of drug-likeness (QED) is 0.825. The van der Waals surface area contributed by atoms with E-state index < -0.39 is 6.04 Å². The van der Waals surface area contributed by atoms with Gasteiger partial charge in [-0.1, -0.05) is 24.9 Å². The van der Waals surface area contributed by atoms with Crippen LogP contribution in [0.4, 0.5) is 5.69 Å². The topological polar surface area (TPSA) is 64.4 Å². The maximum Gasteiger partial charge on any atom is 0.241 e. The first kappa shape index (κ1) is 16.3. The molecule has 1 amide bonds. The number of hydrogen-bond donors (Lipinski definition) is 2. The number of nitrogens with two attached hydrogens (primary N) is 1. The van der Waals surface area contributed by atoms with Gasteiger partial charge in [0.15, 0.2) is 5.75 Å². The molecule has 1 rings (SSSR count). The van der Waals surface area contributed by atoms with Crippen molar-refractivity contribution in [3.05, 3.63) is 21.6 Å².